The molecule has 4 aromatic carbocycles. The van der Waals surface area contributed by atoms with E-state index in [-0.39, 0.29) is 0 Å². The second-order valence-electron chi connectivity index (χ2n) is 7.41. The summed E-state index contributed by atoms with van der Waals surface area (Å²) < 4.78 is 2.12. The van der Waals surface area contributed by atoms with Crippen molar-refractivity contribution in [3.63, 3.8) is 0 Å². The first kappa shape index (κ1) is 16.6. The zero-order valence-corrected chi connectivity index (χ0v) is 17.9. The van der Waals surface area contributed by atoms with Crippen molar-refractivity contribution < 1.29 is 5.11 Å². The highest BCUT2D eigenvalue weighted by molar-refractivity contribution is 9.10. The standard InChI is InChI=1S/C25H14Br2O/c26-14-5-8-18-19-9-6-15(27)12-23(19)25(22(18)11-14)21-4-2-1-3-17(21)20-10-7-16(28)13-24(20)25/h1-13,28H. The lowest BCUT2D eigenvalue weighted by atomic mass is 9.70. The molecule has 2 aliphatic carbocycles. The Morgan fingerprint density at radius 1 is 0.536 bits per heavy atom. The summed E-state index contributed by atoms with van der Waals surface area (Å²) in [5.41, 5.74) is 9.41. The van der Waals surface area contributed by atoms with E-state index in [1.54, 1.807) is 6.07 Å². The SMILES string of the molecule is Oc1ccc2c(c1)C1(c3ccccc3-2)c2cc(Br)ccc2-c2ccc(Br)cc21. The Bertz CT molecular complexity index is 1230. The third kappa shape index (κ3) is 1.91. The summed E-state index contributed by atoms with van der Waals surface area (Å²) in [6.07, 6.45) is 0. The highest BCUT2D eigenvalue weighted by atomic mass is 79.9. The number of phenols is 1. The van der Waals surface area contributed by atoms with Crippen molar-refractivity contribution in [2.45, 2.75) is 5.41 Å². The van der Waals surface area contributed by atoms with Gasteiger partial charge in [0.25, 0.3) is 0 Å². The van der Waals surface area contributed by atoms with Gasteiger partial charge in [-0.05, 0) is 80.9 Å². The highest BCUT2D eigenvalue weighted by Crippen LogP contribution is 2.63. The fourth-order valence-electron chi connectivity index (χ4n) is 5.12. The van der Waals surface area contributed by atoms with Crippen LogP contribution in [0.4, 0.5) is 0 Å². The Kier molecular flexibility index (Phi) is 3.31. The van der Waals surface area contributed by atoms with E-state index >= 15 is 0 Å². The number of aromatic hydroxyl groups is 1. The second-order valence-corrected chi connectivity index (χ2v) is 9.24. The molecule has 0 unspecified atom stereocenters. The summed E-state index contributed by atoms with van der Waals surface area (Å²) in [5.74, 6) is 0.297. The zero-order chi connectivity index (χ0) is 19.0. The molecule has 0 saturated carbocycles. The van der Waals surface area contributed by atoms with E-state index in [2.05, 4.69) is 92.5 Å². The molecule has 0 aromatic heterocycles. The summed E-state index contributed by atoms with van der Waals surface area (Å²) in [4.78, 5) is 0. The summed E-state index contributed by atoms with van der Waals surface area (Å²) in [7, 11) is 0. The van der Waals surface area contributed by atoms with Crippen LogP contribution in [0.3, 0.4) is 0 Å². The average molecular weight is 490 g/mol. The van der Waals surface area contributed by atoms with Gasteiger partial charge in [-0.15, -0.1) is 0 Å². The van der Waals surface area contributed by atoms with E-state index in [0.29, 0.717) is 5.75 Å². The first-order chi connectivity index (χ1) is 13.6. The second kappa shape index (κ2) is 5.59. The van der Waals surface area contributed by atoms with E-state index in [1.165, 1.54) is 38.9 Å². The van der Waals surface area contributed by atoms with Gasteiger partial charge in [-0.25, -0.2) is 0 Å². The molecule has 6 rings (SSSR count). The predicted molar refractivity (Wildman–Crippen MR) is 120 cm³/mol. The lowest BCUT2D eigenvalue weighted by Gasteiger charge is -2.30. The minimum atomic E-state index is -0.428. The maximum atomic E-state index is 10.4. The zero-order valence-electron chi connectivity index (χ0n) is 14.7. The third-order valence-corrected chi connectivity index (χ3v) is 7.08. The van der Waals surface area contributed by atoms with Crippen LogP contribution in [0.5, 0.6) is 5.75 Å². The number of benzene rings is 4. The van der Waals surface area contributed by atoms with Crippen LogP contribution in [-0.2, 0) is 5.41 Å². The molecule has 2 aliphatic rings. The van der Waals surface area contributed by atoms with Crippen LogP contribution in [0, 0.1) is 0 Å². The van der Waals surface area contributed by atoms with E-state index in [4.69, 9.17) is 0 Å². The number of halogens is 2. The molecule has 0 amide bonds. The number of rotatable bonds is 0. The minimum absolute atomic E-state index is 0.297. The van der Waals surface area contributed by atoms with Crippen LogP contribution in [-0.4, -0.2) is 5.11 Å². The van der Waals surface area contributed by atoms with Gasteiger partial charge in [0.2, 0.25) is 0 Å². The first-order valence-electron chi connectivity index (χ1n) is 9.14. The van der Waals surface area contributed by atoms with E-state index in [1.807, 2.05) is 12.1 Å². The third-order valence-electron chi connectivity index (χ3n) is 6.09. The molecular weight excluding hydrogens is 476 g/mol. The Morgan fingerprint density at radius 3 is 1.68 bits per heavy atom. The number of phenolic OH excluding ortho intramolecular Hbond substituents is 1. The van der Waals surface area contributed by atoms with Gasteiger partial charge >= 0.3 is 0 Å². The Hall–Kier alpha value is -2.36. The van der Waals surface area contributed by atoms with E-state index in [0.717, 1.165) is 14.5 Å². The Labute approximate surface area is 179 Å². The van der Waals surface area contributed by atoms with Gasteiger partial charge in [0, 0.05) is 8.95 Å². The Balaban J connectivity index is 1.88. The molecule has 4 aromatic rings. The van der Waals surface area contributed by atoms with Gasteiger partial charge in [-0.1, -0.05) is 74.3 Å². The highest BCUT2D eigenvalue weighted by Gasteiger charge is 2.51. The van der Waals surface area contributed by atoms with Gasteiger partial charge in [-0.2, -0.15) is 0 Å². The quantitative estimate of drug-likeness (QED) is 0.238. The lowest BCUT2D eigenvalue weighted by molar-refractivity contribution is 0.474. The molecule has 0 fully saturated rings. The molecule has 1 N–H and O–H groups in total. The number of hydrogen-bond donors (Lipinski definition) is 1. The lowest BCUT2D eigenvalue weighted by Crippen LogP contribution is -2.25. The number of fused-ring (bicyclic) bond motifs is 10. The van der Waals surface area contributed by atoms with Crippen molar-refractivity contribution >= 4 is 31.9 Å². The largest absolute Gasteiger partial charge is 0.508 e. The molecule has 1 nitrogen and oxygen atoms in total. The van der Waals surface area contributed by atoms with Crippen molar-refractivity contribution in [2.75, 3.05) is 0 Å². The number of hydrogen-bond acceptors (Lipinski definition) is 1. The minimum Gasteiger partial charge on any atom is -0.508 e. The summed E-state index contributed by atoms with van der Waals surface area (Å²) in [6.45, 7) is 0. The van der Waals surface area contributed by atoms with Gasteiger partial charge in [0.1, 0.15) is 5.75 Å². The van der Waals surface area contributed by atoms with Crippen LogP contribution in [0.1, 0.15) is 22.3 Å². The first-order valence-corrected chi connectivity index (χ1v) is 10.7. The van der Waals surface area contributed by atoms with Crippen LogP contribution in [0.15, 0.2) is 87.8 Å². The fourth-order valence-corrected chi connectivity index (χ4v) is 5.84. The normalized spacial score (nSPS) is 14.5. The monoisotopic (exact) mass is 488 g/mol. The van der Waals surface area contributed by atoms with Gasteiger partial charge in [0.05, 0.1) is 5.41 Å². The molecule has 0 bridgehead atoms. The summed E-state index contributed by atoms with van der Waals surface area (Å²) in [5, 5.41) is 10.4. The van der Waals surface area contributed by atoms with Gasteiger partial charge in [-0.3, -0.25) is 0 Å². The van der Waals surface area contributed by atoms with E-state index in [9.17, 15) is 5.11 Å². The van der Waals surface area contributed by atoms with Crippen molar-refractivity contribution in [1.82, 2.24) is 0 Å². The van der Waals surface area contributed by atoms with Crippen molar-refractivity contribution in [1.29, 1.82) is 0 Å². The van der Waals surface area contributed by atoms with Crippen molar-refractivity contribution in [3.8, 4) is 28.0 Å². The Morgan fingerprint density at radius 2 is 1.04 bits per heavy atom. The fraction of sp³-hybridized carbons (Fsp3) is 0.0400. The van der Waals surface area contributed by atoms with Crippen molar-refractivity contribution in [3.05, 3.63) is 110 Å². The van der Waals surface area contributed by atoms with Gasteiger partial charge < -0.3 is 5.11 Å². The molecule has 0 saturated heterocycles. The summed E-state index contributed by atoms with van der Waals surface area (Å²) in [6, 6.07) is 27.5. The maximum absolute atomic E-state index is 10.4. The van der Waals surface area contributed by atoms with Crippen molar-refractivity contribution in [2.24, 2.45) is 0 Å². The van der Waals surface area contributed by atoms with Crippen LogP contribution < -0.4 is 0 Å². The summed E-state index contributed by atoms with van der Waals surface area (Å²) >= 11 is 7.38. The molecule has 3 heteroatoms. The average Bonchev–Trinajstić information content (AvgIpc) is 3.13. The maximum Gasteiger partial charge on any atom is 0.115 e. The van der Waals surface area contributed by atoms with Crippen LogP contribution in [0.25, 0.3) is 22.3 Å². The predicted octanol–water partition coefficient (Wildman–Crippen LogP) is 7.26. The molecule has 0 radical (unpaired) electrons. The van der Waals surface area contributed by atoms with Crippen LogP contribution >= 0.6 is 31.9 Å². The smallest absolute Gasteiger partial charge is 0.115 e. The molecule has 28 heavy (non-hydrogen) atoms. The molecular formula is C25H14Br2O. The van der Waals surface area contributed by atoms with Crippen LogP contribution in [0.2, 0.25) is 0 Å². The molecule has 0 heterocycles. The molecule has 1 spiro atoms. The molecule has 134 valence electrons. The molecule has 0 aliphatic heterocycles. The molecule has 0 atom stereocenters. The topological polar surface area (TPSA) is 20.2 Å². The van der Waals surface area contributed by atoms with E-state index < -0.39 is 5.41 Å². The van der Waals surface area contributed by atoms with Gasteiger partial charge in [0.15, 0.2) is 0 Å².